The van der Waals surface area contributed by atoms with Crippen LogP contribution in [0.5, 0.6) is 0 Å². The van der Waals surface area contributed by atoms with Crippen LogP contribution in [0, 0.1) is 17.6 Å². The predicted molar refractivity (Wildman–Crippen MR) is 123 cm³/mol. The fourth-order valence-corrected chi connectivity index (χ4v) is 4.81. The number of halogens is 3. The molecule has 180 valence electrons. The van der Waals surface area contributed by atoms with Crippen LogP contribution in [0.25, 0.3) is 11.2 Å². The maximum absolute atomic E-state index is 14.6. The molecule has 12 heteroatoms. The monoisotopic (exact) mass is 491 g/mol. The van der Waals surface area contributed by atoms with Crippen LogP contribution in [0.2, 0.25) is 5.02 Å². The van der Waals surface area contributed by atoms with Gasteiger partial charge in [-0.1, -0.05) is 11.6 Å². The van der Waals surface area contributed by atoms with Gasteiger partial charge in [-0.05, 0) is 50.7 Å². The Morgan fingerprint density at radius 3 is 2.59 bits per heavy atom. The summed E-state index contributed by atoms with van der Waals surface area (Å²) in [4.78, 5) is 25.1. The zero-order chi connectivity index (χ0) is 24.0. The third-order valence-corrected chi connectivity index (χ3v) is 6.92. The second-order valence-corrected chi connectivity index (χ2v) is 9.33. The summed E-state index contributed by atoms with van der Waals surface area (Å²) in [5.74, 6) is -1.69. The number of nitrogens with zero attached hydrogens (tertiary/aromatic N) is 4. The minimum Gasteiger partial charge on any atom is -0.393 e. The van der Waals surface area contributed by atoms with E-state index in [1.807, 2.05) is 0 Å². The lowest BCUT2D eigenvalue weighted by molar-refractivity contribution is -0.122. The van der Waals surface area contributed by atoms with Gasteiger partial charge in [-0.3, -0.25) is 9.36 Å². The zero-order valence-electron chi connectivity index (χ0n) is 18.1. The number of amides is 1. The number of hydrogen-bond acceptors (Lipinski definition) is 7. The molecule has 9 nitrogen and oxygen atoms in total. The van der Waals surface area contributed by atoms with Crippen molar-refractivity contribution in [2.24, 2.45) is 11.7 Å². The summed E-state index contributed by atoms with van der Waals surface area (Å²) in [7, 11) is 0. The Morgan fingerprint density at radius 1 is 1.18 bits per heavy atom. The van der Waals surface area contributed by atoms with E-state index in [0.717, 1.165) is 12.1 Å². The third kappa shape index (κ3) is 4.25. The summed E-state index contributed by atoms with van der Waals surface area (Å²) in [6, 6.07) is 2.17. The molecule has 1 amide bonds. The van der Waals surface area contributed by atoms with E-state index in [-0.39, 0.29) is 41.0 Å². The molecule has 5 N–H and O–H groups in total. The lowest BCUT2D eigenvalue weighted by Crippen LogP contribution is -2.39. The van der Waals surface area contributed by atoms with E-state index < -0.39 is 17.3 Å². The van der Waals surface area contributed by atoms with Gasteiger partial charge in [-0.2, -0.15) is 4.98 Å². The molecule has 5 rings (SSSR count). The van der Waals surface area contributed by atoms with Crippen molar-refractivity contribution in [3.63, 3.8) is 0 Å². The number of carbonyl (C=O) groups is 1. The molecule has 2 aliphatic rings. The van der Waals surface area contributed by atoms with Crippen molar-refractivity contribution in [3.8, 4) is 0 Å². The summed E-state index contributed by atoms with van der Waals surface area (Å²) in [6.07, 6.45) is 4.86. The second kappa shape index (κ2) is 8.95. The number of aliphatic hydroxyl groups excluding tert-OH is 1. The van der Waals surface area contributed by atoms with Gasteiger partial charge in [-0.15, -0.1) is 0 Å². The van der Waals surface area contributed by atoms with Crippen LogP contribution in [-0.2, 0) is 4.79 Å². The Kier molecular flexibility index (Phi) is 5.98. The maximum atomic E-state index is 14.6. The molecule has 2 fully saturated rings. The van der Waals surface area contributed by atoms with Crippen molar-refractivity contribution in [2.75, 3.05) is 10.6 Å². The summed E-state index contributed by atoms with van der Waals surface area (Å²) < 4.78 is 30.9. The van der Waals surface area contributed by atoms with Crippen LogP contribution in [-0.4, -0.2) is 42.7 Å². The van der Waals surface area contributed by atoms with Crippen molar-refractivity contribution in [3.05, 3.63) is 35.0 Å². The van der Waals surface area contributed by atoms with Crippen molar-refractivity contribution >= 4 is 46.3 Å². The van der Waals surface area contributed by atoms with Gasteiger partial charge < -0.3 is 21.5 Å². The van der Waals surface area contributed by atoms with Gasteiger partial charge in [-0.25, -0.2) is 18.7 Å². The van der Waals surface area contributed by atoms with Gasteiger partial charge in [0.05, 0.1) is 17.3 Å². The average Bonchev–Trinajstić information content (AvgIpc) is 3.15. The molecule has 0 saturated heterocycles. The SMILES string of the molecule is NC(=O)C1CCC(n2c(Nc3c(F)ccc(Cl)c3F)nc3cnc(NC4CC(O)C4)nc32)CC1. The van der Waals surface area contributed by atoms with E-state index in [9.17, 15) is 18.7 Å². The van der Waals surface area contributed by atoms with Crippen LogP contribution in [0.15, 0.2) is 18.3 Å². The first-order chi connectivity index (χ1) is 16.3. The number of nitrogens with one attached hydrogen (secondary N) is 2. The van der Waals surface area contributed by atoms with Crippen molar-refractivity contribution < 1.29 is 18.7 Å². The van der Waals surface area contributed by atoms with E-state index >= 15 is 0 Å². The van der Waals surface area contributed by atoms with Gasteiger partial charge >= 0.3 is 0 Å². The number of aliphatic hydroxyl groups is 1. The van der Waals surface area contributed by atoms with Gasteiger partial charge in [0.2, 0.25) is 17.8 Å². The fourth-order valence-electron chi connectivity index (χ4n) is 4.65. The number of nitrogens with two attached hydrogens (primary N) is 1. The lowest BCUT2D eigenvalue weighted by atomic mass is 9.85. The smallest absolute Gasteiger partial charge is 0.224 e. The molecular formula is C22H24ClF2N7O2. The first-order valence-corrected chi connectivity index (χ1v) is 11.6. The molecule has 2 aliphatic carbocycles. The molecule has 34 heavy (non-hydrogen) atoms. The molecule has 0 aliphatic heterocycles. The molecule has 1 aromatic carbocycles. The first-order valence-electron chi connectivity index (χ1n) is 11.2. The highest BCUT2D eigenvalue weighted by molar-refractivity contribution is 6.31. The number of hydrogen-bond donors (Lipinski definition) is 4. The van der Waals surface area contributed by atoms with Crippen LogP contribution in [0.1, 0.15) is 44.6 Å². The average molecular weight is 492 g/mol. The summed E-state index contributed by atoms with van der Waals surface area (Å²) in [6.45, 7) is 0. The van der Waals surface area contributed by atoms with E-state index in [2.05, 4.69) is 25.6 Å². The molecular weight excluding hydrogens is 468 g/mol. The number of benzene rings is 1. The number of anilines is 3. The Hall–Kier alpha value is -3.05. The number of fused-ring (bicyclic) bond motifs is 1. The summed E-state index contributed by atoms with van der Waals surface area (Å²) >= 11 is 5.86. The number of imidazole rings is 1. The van der Waals surface area contributed by atoms with E-state index in [1.54, 1.807) is 10.8 Å². The van der Waals surface area contributed by atoms with Crippen LogP contribution in [0.4, 0.5) is 26.4 Å². The van der Waals surface area contributed by atoms with Crippen molar-refractivity contribution in [1.29, 1.82) is 0 Å². The molecule has 2 heterocycles. The van der Waals surface area contributed by atoms with Gasteiger partial charge in [0.15, 0.2) is 11.5 Å². The molecule has 3 aromatic rings. The number of aromatic nitrogens is 4. The Balaban J connectivity index is 1.53. The largest absolute Gasteiger partial charge is 0.393 e. The zero-order valence-corrected chi connectivity index (χ0v) is 18.9. The van der Waals surface area contributed by atoms with Gasteiger partial charge in [0.25, 0.3) is 0 Å². The Labute approximate surface area is 198 Å². The standard InChI is InChI=1S/C22H24ClF2N7O2/c23-14-5-6-15(24)18(17(14)25)30-22-29-16-9-27-21(28-11-7-13(33)8-11)31-20(16)32(22)12-3-1-10(2-4-12)19(26)34/h5-6,9-13,33H,1-4,7-8H2,(H2,26,34)(H,29,30)(H,27,28,31). The van der Waals surface area contributed by atoms with Crippen LogP contribution in [0.3, 0.4) is 0 Å². The number of rotatable bonds is 6. The molecule has 0 bridgehead atoms. The molecule has 0 unspecified atom stereocenters. The molecule has 0 atom stereocenters. The highest BCUT2D eigenvalue weighted by atomic mass is 35.5. The van der Waals surface area contributed by atoms with E-state index in [1.165, 1.54) is 0 Å². The van der Waals surface area contributed by atoms with Crippen molar-refractivity contribution in [2.45, 2.75) is 56.7 Å². The first kappa shape index (κ1) is 22.7. The minimum atomic E-state index is -0.922. The van der Waals surface area contributed by atoms with Crippen LogP contribution >= 0.6 is 11.6 Å². The normalized spacial score (nSPS) is 24.6. The van der Waals surface area contributed by atoms with E-state index in [0.29, 0.717) is 55.6 Å². The summed E-state index contributed by atoms with van der Waals surface area (Å²) in [5, 5.41) is 15.3. The highest BCUT2D eigenvalue weighted by Gasteiger charge is 2.31. The molecule has 0 radical (unpaired) electrons. The number of primary amides is 1. The highest BCUT2D eigenvalue weighted by Crippen LogP contribution is 2.38. The topological polar surface area (TPSA) is 131 Å². The van der Waals surface area contributed by atoms with Gasteiger partial charge in [0.1, 0.15) is 17.0 Å². The van der Waals surface area contributed by atoms with Crippen LogP contribution < -0.4 is 16.4 Å². The summed E-state index contributed by atoms with van der Waals surface area (Å²) in [5.41, 5.74) is 6.01. The lowest BCUT2D eigenvalue weighted by Gasteiger charge is -2.32. The van der Waals surface area contributed by atoms with Crippen molar-refractivity contribution in [1.82, 2.24) is 19.5 Å². The second-order valence-electron chi connectivity index (χ2n) is 8.93. The fraction of sp³-hybridized carbons (Fsp3) is 0.455. The van der Waals surface area contributed by atoms with Gasteiger partial charge in [0, 0.05) is 18.0 Å². The molecule has 0 spiro atoms. The predicted octanol–water partition coefficient (Wildman–Crippen LogP) is 3.65. The third-order valence-electron chi connectivity index (χ3n) is 6.62. The quantitative estimate of drug-likeness (QED) is 0.387. The molecule has 2 aromatic heterocycles. The Bertz CT molecular complexity index is 1240. The maximum Gasteiger partial charge on any atom is 0.224 e. The number of carbonyl (C=O) groups excluding carboxylic acids is 1. The Morgan fingerprint density at radius 2 is 1.91 bits per heavy atom. The van der Waals surface area contributed by atoms with E-state index in [4.69, 9.17) is 17.3 Å². The minimum absolute atomic E-state index is 0.0714. The molecule has 2 saturated carbocycles.